The Morgan fingerprint density at radius 2 is 1.61 bits per heavy atom. The molecule has 1 aromatic heterocycles. The Morgan fingerprint density at radius 3 is 2.26 bits per heavy atom. The molecule has 1 fully saturated rings. The first-order chi connectivity index (χ1) is 11.0. The molecule has 2 aromatic rings. The summed E-state index contributed by atoms with van der Waals surface area (Å²) in [5, 5.41) is 11.6. The second kappa shape index (κ2) is 6.40. The van der Waals surface area contributed by atoms with Crippen molar-refractivity contribution in [3.8, 4) is 0 Å². The lowest BCUT2D eigenvalue weighted by molar-refractivity contribution is 0.619. The average molecular weight is 312 g/mol. The third-order valence-corrected chi connectivity index (χ3v) is 3.73. The van der Waals surface area contributed by atoms with E-state index < -0.39 is 0 Å². The minimum absolute atomic E-state index is 0.0424. The third kappa shape index (κ3) is 4.09. The van der Waals surface area contributed by atoms with Gasteiger partial charge >= 0.3 is 0 Å². The van der Waals surface area contributed by atoms with Gasteiger partial charge in [0.1, 0.15) is 0 Å². The van der Waals surface area contributed by atoms with Gasteiger partial charge in [-0.05, 0) is 32.9 Å². The van der Waals surface area contributed by atoms with Crippen LogP contribution in [0, 0.1) is 0 Å². The monoisotopic (exact) mass is 312 g/mol. The largest absolute Gasteiger partial charge is 0.368 e. The van der Waals surface area contributed by atoms with Crippen LogP contribution in [0.4, 0.5) is 17.5 Å². The number of rotatable bonds is 3. The quantitative estimate of drug-likeness (QED) is 0.939. The van der Waals surface area contributed by atoms with Gasteiger partial charge in [0.25, 0.3) is 0 Å². The zero-order valence-electron chi connectivity index (χ0n) is 14.0. The Hall–Kier alpha value is -2.37. The summed E-state index contributed by atoms with van der Waals surface area (Å²) in [7, 11) is 0. The topological polar surface area (TPSA) is 57.2 Å². The van der Waals surface area contributed by atoms with Crippen LogP contribution in [0.15, 0.2) is 36.5 Å². The summed E-state index contributed by atoms with van der Waals surface area (Å²) >= 11 is 0. The zero-order chi connectivity index (χ0) is 16.3. The smallest absolute Gasteiger partial charge is 0.247 e. The maximum atomic E-state index is 4.60. The Kier molecular flexibility index (Phi) is 4.32. The van der Waals surface area contributed by atoms with E-state index in [1.807, 2.05) is 6.07 Å². The molecular formula is C17H24N6. The molecule has 0 spiro atoms. The fraction of sp³-hybridized carbons (Fsp3) is 0.471. The summed E-state index contributed by atoms with van der Waals surface area (Å²) < 4.78 is 0. The van der Waals surface area contributed by atoms with Crippen molar-refractivity contribution in [1.29, 1.82) is 0 Å². The molecule has 122 valence electrons. The average Bonchev–Trinajstić information content (AvgIpc) is 2.55. The molecule has 1 aliphatic rings. The van der Waals surface area contributed by atoms with Crippen LogP contribution in [0.2, 0.25) is 0 Å². The van der Waals surface area contributed by atoms with Crippen molar-refractivity contribution < 1.29 is 0 Å². The maximum absolute atomic E-state index is 4.60. The van der Waals surface area contributed by atoms with E-state index >= 15 is 0 Å². The summed E-state index contributed by atoms with van der Waals surface area (Å²) in [5.74, 6) is 1.47. The van der Waals surface area contributed by atoms with E-state index in [0.29, 0.717) is 5.95 Å². The Morgan fingerprint density at radius 1 is 0.957 bits per heavy atom. The molecule has 1 saturated heterocycles. The number of hydrogen-bond donors (Lipinski definition) is 1. The molecular weight excluding hydrogens is 288 g/mol. The first-order valence-corrected chi connectivity index (χ1v) is 8.04. The van der Waals surface area contributed by atoms with Crippen LogP contribution in [0.5, 0.6) is 0 Å². The zero-order valence-corrected chi connectivity index (χ0v) is 14.0. The first-order valence-electron chi connectivity index (χ1n) is 8.04. The SMILES string of the molecule is CC(C)(C)Nc1cnnc(N2CCN(c3ccccc3)CC2)n1. The highest BCUT2D eigenvalue weighted by Crippen LogP contribution is 2.19. The Balaban J connectivity index is 1.65. The molecule has 6 nitrogen and oxygen atoms in total. The van der Waals surface area contributed by atoms with Crippen LogP contribution in [-0.2, 0) is 0 Å². The predicted octanol–water partition coefficient (Wildman–Crippen LogP) is 2.41. The molecule has 0 radical (unpaired) electrons. The van der Waals surface area contributed by atoms with Gasteiger partial charge in [0.2, 0.25) is 5.95 Å². The van der Waals surface area contributed by atoms with Crippen LogP contribution in [-0.4, -0.2) is 46.9 Å². The molecule has 23 heavy (non-hydrogen) atoms. The molecule has 3 rings (SSSR count). The molecule has 1 aliphatic heterocycles. The minimum Gasteiger partial charge on any atom is -0.368 e. The summed E-state index contributed by atoms with van der Waals surface area (Å²) in [4.78, 5) is 9.19. The fourth-order valence-corrected chi connectivity index (χ4v) is 2.68. The van der Waals surface area contributed by atoms with Crippen LogP contribution in [0.3, 0.4) is 0 Å². The molecule has 0 saturated carbocycles. The summed E-state index contributed by atoms with van der Waals surface area (Å²) in [5.41, 5.74) is 1.23. The van der Waals surface area contributed by atoms with Gasteiger partial charge in [-0.25, -0.2) is 0 Å². The van der Waals surface area contributed by atoms with E-state index in [1.54, 1.807) is 6.20 Å². The lowest BCUT2D eigenvalue weighted by Crippen LogP contribution is -2.47. The lowest BCUT2D eigenvalue weighted by atomic mass is 10.1. The van der Waals surface area contributed by atoms with E-state index in [1.165, 1.54) is 5.69 Å². The van der Waals surface area contributed by atoms with E-state index in [9.17, 15) is 0 Å². The van der Waals surface area contributed by atoms with Crippen molar-refractivity contribution in [3.63, 3.8) is 0 Å². The number of piperazine rings is 1. The van der Waals surface area contributed by atoms with E-state index in [-0.39, 0.29) is 5.54 Å². The van der Waals surface area contributed by atoms with E-state index in [0.717, 1.165) is 32.0 Å². The van der Waals surface area contributed by atoms with E-state index in [4.69, 9.17) is 0 Å². The molecule has 1 N–H and O–H groups in total. The minimum atomic E-state index is -0.0424. The molecule has 0 unspecified atom stereocenters. The molecule has 0 atom stereocenters. The predicted molar refractivity (Wildman–Crippen MR) is 94.1 cm³/mol. The van der Waals surface area contributed by atoms with Crippen LogP contribution < -0.4 is 15.1 Å². The van der Waals surface area contributed by atoms with Gasteiger partial charge in [0.15, 0.2) is 5.82 Å². The first kappa shape index (κ1) is 15.5. The Labute approximate surface area is 137 Å². The molecule has 0 amide bonds. The normalized spacial score (nSPS) is 15.6. The standard InChI is InChI=1S/C17H24N6/c1-17(2,3)20-15-13-18-21-16(19-15)23-11-9-22(10-12-23)14-7-5-4-6-8-14/h4-8,13H,9-12H2,1-3H3,(H,19,20,21). The second-order valence-electron chi connectivity index (χ2n) is 6.83. The Bertz CT molecular complexity index is 629. The van der Waals surface area contributed by atoms with Crippen molar-refractivity contribution in [3.05, 3.63) is 36.5 Å². The van der Waals surface area contributed by atoms with Gasteiger partial charge in [0, 0.05) is 37.4 Å². The van der Waals surface area contributed by atoms with Gasteiger partial charge in [-0.15, -0.1) is 5.10 Å². The molecule has 0 bridgehead atoms. The number of para-hydroxylation sites is 1. The van der Waals surface area contributed by atoms with E-state index in [2.05, 4.69) is 75.3 Å². The van der Waals surface area contributed by atoms with Crippen molar-refractivity contribution >= 4 is 17.5 Å². The van der Waals surface area contributed by atoms with Gasteiger partial charge in [-0.3, -0.25) is 0 Å². The number of anilines is 3. The molecule has 2 heterocycles. The highest BCUT2D eigenvalue weighted by atomic mass is 15.4. The van der Waals surface area contributed by atoms with Gasteiger partial charge in [0.05, 0.1) is 6.20 Å². The van der Waals surface area contributed by atoms with Crippen LogP contribution in [0.25, 0.3) is 0 Å². The number of nitrogens with zero attached hydrogens (tertiary/aromatic N) is 5. The number of aromatic nitrogens is 3. The molecule has 1 aromatic carbocycles. The van der Waals surface area contributed by atoms with Gasteiger partial charge in [-0.2, -0.15) is 10.1 Å². The number of nitrogens with one attached hydrogen (secondary N) is 1. The van der Waals surface area contributed by atoms with Crippen molar-refractivity contribution in [1.82, 2.24) is 15.2 Å². The lowest BCUT2D eigenvalue weighted by Gasteiger charge is -2.36. The molecule has 6 heteroatoms. The van der Waals surface area contributed by atoms with Crippen LogP contribution >= 0.6 is 0 Å². The van der Waals surface area contributed by atoms with Crippen molar-refractivity contribution in [2.24, 2.45) is 0 Å². The van der Waals surface area contributed by atoms with Crippen LogP contribution in [0.1, 0.15) is 20.8 Å². The van der Waals surface area contributed by atoms with Crippen molar-refractivity contribution in [2.45, 2.75) is 26.3 Å². The number of benzene rings is 1. The highest BCUT2D eigenvalue weighted by Gasteiger charge is 2.20. The second-order valence-corrected chi connectivity index (χ2v) is 6.83. The van der Waals surface area contributed by atoms with Crippen molar-refractivity contribution in [2.75, 3.05) is 41.3 Å². The summed E-state index contributed by atoms with van der Waals surface area (Å²) in [6, 6.07) is 10.5. The summed E-state index contributed by atoms with van der Waals surface area (Å²) in [6.45, 7) is 10.0. The summed E-state index contributed by atoms with van der Waals surface area (Å²) in [6.07, 6.45) is 1.68. The maximum Gasteiger partial charge on any atom is 0.247 e. The third-order valence-electron chi connectivity index (χ3n) is 3.73. The number of hydrogen-bond acceptors (Lipinski definition) is 6. The van der Waals surface area contributed by atoms with Gasteiger partial charge in [-0.1, -0.05) is 18.2 Å². The molecule has 0 aliphatic carbocycles. The van der Waals surface area contributed by atoms with Gasteiger partial charge < -0.3 is 15.1 Å². The fourth-order valence-electron chi connectivity index (χ4n) is 2.68. The highest BCUT2D eigenvalue weighted by molar-refractivity contribution is 5.48.